The third-order valence-electron chi connectivity index (χ3n) is 8.46. The lowest BCUT2D eigenvalue weighted by Crippen LogP contribution is -2.53. The number of hydrogen-bond acceptors (Lipinski definition) is 2. The largest absolute Gasteiger partial charge is 0.377 e. The first-order valence-corrected chi connectivity index (χ1v) is 9.62. The van der Waals surface area contributed by atoms with E-state index in [1.807, 2.05) is 6.08 Å². The summed E-state index contributed by atoms with van der Waals surface area (Å²) < 4.78 is 0. The van der Waals surface area contributed by atoms with Gasteiger partial charge in [0.1, 0.15) is 5.60 Å². The number of terminal acetylenes is 1. The standard InChI is InChI=1S/C22H26O2/c1-3-21(24)9-8-19-18-6-4-14-11-16(23)5-7-17(14)20(18)15-10-13(2)22(19,21)12-15/h1,11,15,17-20,24H,2,4-10,12H2/t15-,17?,18?,19?,20?,21-,22+/m0/s1. The van der Waals surface area contributed by atoms with E-state index in [-0.39, 0.29) is 5.41 Å². The van der Waals surface area contributed by atoms with Gasteiger partial charge in [-0.05, 0) is 80.6 Å². The van der Waals surface area contributed by atoms with E-state index in [1.165, 1.54) is 11.1 Å². The van der Waals surface area contributed by atoms with E-state index in [0.717, 1.165) is 51.4 Å². The van der Waals surface area contributed by atoms with Gasteiger partial charge in [0.2, 0.25) is 0 Å². The molecular weight excluding hydrogens is 296 g/mol. The molecule has 0 heterocycles. The smallest absolute Gasteiger partial charge is 0.155 e. The Labute approximate surface area is 144 Å². The van der Waals surface area contributed by atoms with E-state index in [2.05, 4.69) is 12.5 Å². The number of ketones is 1. The molecule has 0 aromatic rings. The third kappa shape index (κ3) is 1.56. The summed E-state index contributed by atoms with van der Waals surface area (Å²) in [5.41, 5.74) is 1.44. The second-order valence-electron chi connectivity index (χ2n) is 9.00. The van der Waals surface area contributed by atoms with Crippen molar-refractivity contribution in [3.63, 3.8) is 0 Å². The molecule has 2 nitrogen and oxygen atoms in total. The molecule has 24 heavy (non-hydrogen) atoms. The fourth-order valence-corrected chi connectivity index (χ4v) is 7.73. The summed E-state index contributed by atoms with van der Waals surface area (Å²) in [7, 11) is 0. The SMILES string of the molecule is C#C[C@]1(O)CCC2C3CCC4=CC(=O)CCC4C3[C@H]3CC(=C)[C@]21C3. The molecule has 0 amide bonds. The molecule has 1 spiro atoms. The van der Waals surface area contributed by atoms with Crippen molar-refractivity contribution in [2.75, 3.05) is 0 Å². The normalized spacial score (nSPS) is 52.2. The van der Waals surface area contributed by atoms with Crippen LogP contribution in [0.5, 0.6) is 0 Å². The first-order valence-electron chi connectivity index (χ1n) is 9.62. The molecule has 2 bridgehead atoms. The highest BCUT2D eigenvalue weighted by molar-refractivity contribution is 5.91. The minimum Gasteiger partial charge on any atom is -0.377 e. The molecule has 4 saturated carbocycles. The van der Waals surface area contributed by atoms with Crippen molar-refractivity contribution in [1.29, 1.82) is 0 Å². The van der Waals surface area contributed by atoms with Crippen molar-refractivity contribution in [3.8, 4) is 12.3 Å². The van der Waals surface area contributed by atoms with Crippen molar-refractivity contribution < 1.29 is 9.90 Å². The number of hydrogen-bond donors (Lipinski definition) is 1. The molecule has 7 atom stereocenters. The Morgan fingerprint density at radius 3 is 2.92 bits per heavy atom. The number of fused-ring (bicyclic) bond motifs is 6. The molecule has 0 aromatic heterocycles. The van der Waals surface area contributed by atoms with Gasteiger partial charge >= 0.3 is 0 Å². The topological polar surface area (TPSA) is 37.3 Å². The van der Waals surface area contributed by atoms with E-state index >= 15 is 0 Å². The van der Waals surface area contributed by atoms with Crippen LogP contribution < -0.4 is 0 Å². The predicted octanol–water partition coefficient (Wildman–Crippen LogP) is 3.66. The molecule has 4 unspecified atom stereocenters. The van der Waals surface area contributed by atoms with Gasteiger partial charge in [0.25, 0.3) is 0 Å². The first kappa shape index (κ1) is 15.0. The highest BCUT2D eigenvalue weighted by atomic mass is 16.3. The minimum atomic E-state index is -0.979. The fraction of sp³-hybridized carbons (Fsp3) is 0.682. The van der Waals surface area contributed by atoms with Gasteiger partial charge in [-0.3, -0.25) is 4.79 Å². The van der Waals surface area contributed by atoms with E-state index < -0.39 is 5.60 Å². The molecule has 2 heteroatoms. The van der Waals surface area contributed by atoms with Gasteiger partial charge in [0, 0.05) is 11.8 Å². The van der Waals surface area contributed by atoms with E-state index in [4.69, 9.17) is 6.42 Å². The summed E-state index contributed by atoms with van der Waals surface area (Å²) in [5.74, 6) is 6.12. The molecule has 0 saturated heterocycles. The summed E-state index contributed by atoms with van der Waals surface area (Å²) in [6.07, 6.45) is 15.6. The van der Waals surface area contributed by atoms with Crippen LogP contribution in [0, 0.1) is 47.3 Å². The molecule has 5 rings (SSSR count). The van der Waals surface area contributed by atoms with Crippen LogP contribution in [0.1, 0.15) is 51.4 Å². The lowest BCUT2D eigenvalue weighted by Gasteiger charge is -2.55. The number of rotatable bonds is 0. The Morgan fingerprint density at radius 2 is 2.12 bits per heavy atom. The van der Waals surface area contributed by atoms with Crippen LogP contribution in [0.25, 0.3) is 0 Å². The Kier molecular flexibility index (Phi) is 2.89. The fourth-order valence-electron chi connectivity index (χ4n) is 7.73. The van der Waals surface area contributed by atoms with Crippen LogP contribution in [0.15, 0.2) is 23.8 Å². The molecule has 0 aliphatic heterocycles. The van der Waals surface area contributed by atoms with Gasteiger partial charge in [-0.1, -0.05) is 23.6 Å². The maximum Gasteiger partial charge on any atom is 0.155 e. The van der Waals surface area contributed by atoms with Crippen molar-refractivity contribution in [2.45, 2.75) is 57.0 Å². The average molecular weight is 322 g/mol. The zero-order chi connectivity index (χ0) is 16.7. The first-order chi connectivity index (χ1) is 11.5. The highest BCUT2D eigenvalue weighted by Gasteiger charge is 2.70. The predicted molar refractivity (Wildman–Crippen MR) is 92.8 cm³/mol. The quantitative estimate of drug-likeness (QED) is 0.546. The molecule has 0 radical (unpaired) electrons. The summed E-state index contributed by atoms with van der Waals surface area (Å²) in [4.78, 5) is 11.8. The highest BCUT2D eigenvalue weighted by Crippen LogP contribution is 2.73. The summed E-state index contributed by atoms with van der Waals surface area (Å²) in [6, 6.07) is 0. The third-order valence-corrected chi connectivity index (χ3v) is 8.46. The average Bonchev–Trinajstić information content (AvgIpc) is 3.05. The Bertz CT molecular complexity index is 710. The van der Waals surface area contributed by atoms with Crippen LogP contribution in [-0.4, -0.2) is 16.5 Å². The van der Waals surface area contributed by atoms with Crippen LogP contribution in [-0.2, 0) is 4.79 Å². The zero-order valence-electron chi connectivity index (χ0n) is 14.3. The molecule has 5 aliphatic rings. The Hall–Kier alpha value is -1.33. The van der Waals surface area contributed by atoms with Crippen LogP contribution in [0.4, 0.5) is 0 Å². The van der Waals surface area contributed by atoms with Crippen LogP contribution in [0.2, 0.25) is 0 Å². The van der Waals surface area contributed by atoms with Crippen molar-refractivity contribution in [1.82, 2.24) is 0 Å². The van der Waals surface area contributed by atoms with Crippen LogP contribution >= 0.6 is 0 Å². The van der Waals surface area contributed by atoms with E-state index in [0.29, 0.717) is 35.4 Å². The maximum atomic E-state index is 11.8. The Morgan fingerprint density at radius 1 is 1.29 bits per heavy atom. The monoisotopic (exact) mass is 322 g/mol. The summed E-state index contributed by atoms with van der Waals surface area (Å²) in [5, 5.41) is 11.2. The molecule has 4 fully saturated rings. The molecule has 126 valence electrons. The molecule has 5 aliphatic carbocycles. The van der Waals surface area contributed by atoms with Gasteiger partial charge < -0.3 is 5.11 Å². The van der Waals surface area contributed by atoms with Gasteiger partial charge in [-0.2, -0.15) is 0 Å². The number of carbonyl (C=O) groups excluding carboxylic acids is 1. The summed E-state index contributed by atoms with van der Waals surface area (Å²) >= 11 is 0. The number of aliphatic hydroxyl groups is 1. The van der Waals surface area contributed by atoms with Gasteiger partial charge in [0.15, 0.2) is 5.78 Å². The lowest BCUT2D eigenvalue weighted by atomic mass is 9.50. The van der Waals surface area contributed by atoms with E-state index in [1.54, 1.807) is 0 Å². The second-order valence-corrected chi connectivity index (χ2v) is 9.00. The number of carbonyl (C=O) groups is 1. The Balaban J connectivity index is 1.60. The van der Waals surface area contributed by atoms with Crippen molar-refractivity contribution in [3.05, 3.63) is 23.8 Å². The lowest BCUT2D eigenvalue weighted by molar-refractivity contribution is -0.116. The van der Waals surface area contributed by atoms with Crippen molar-refractivity contribution >= 4 is 5.78 Å². The maximum absolute atomic E-state index is 11.8. The second kappa shape index (κ2) is 4.64. The summed E-state index contributed by atoms with van der Waals surface area (Å²) in [6.45, 7) is 4.42. The van der Waals surface area contributed by atoms with Crippen LogP contribution in [0.3, 0.4) is 0 Å². The van der Waals surface area contributed by atoms with Gasteiger partial charge in [0.05, 0.1) is 0 Å². The van der Waals surface area contributed by atoms with Crippen molar-refractivity contribution in [2.24, 2.45) is 35.0 Å². The number of allylic oxidation sites excluding steroid dienone is 1. The molecule has 1 N–H and O–H groups in total. The van der Waals surface area contributed by atoms with Gasteiger partial charge in [-0.15, -0.1) is 6.42 Å². The zero-order valence-corrected chi connectivity index (χ0v) is 14.3. The van der Waals surface area contributed by atoms with Gasteiger partial charge in [-0.25, -0.2) is 0 Å². The molecular formula is C22H26O2. The molecule has 0 aromatic carbocycles. The minimum absolute atomic E-state index is 0.223. The van der Waals surface area contributed by atoms with E-state index in [9.17, 15) is 9.90 Å².